The molecule has 1 aromatic heterocycles. The van der Waals surface area contributed by atoms with E-state index in [0.29, 0.717) is 10.4 Å². The molecule has 0 fully saturated rings. The molecule has 2 aromatic rings. The maximum atomic E-state index is 12.7. The average molecular weight is 343 g/mol. The van der Waals surface area contributed by atoms with Crippen LogP contribution in [0.2, 0.25) is 5.02 Å². The molecule has 22 heavy (non-hydrogen) atoms. The van der Waals surface area contributed by atoms with Crippen molar-refractivity contribution in [3.8, 4) is 0 Å². The van der Waals surface area contributed by atoms with Crippen molar-refractivity contribution in [3.63, 3.8) is 0 Å². The Morgan fingerprint density at radius 2 is 2.09 bits per heavy atom. The normalized spacial score (nSPS) is 13.5. The summed E-state index contributed by atoms with van der Waals surface area (Å²) in [7, 11) is -2.52. The summed E-state index contributed by atoms with van der Waals surface area (Å²) in [6.45, 7) is 1.32. The summed E-state index contributed by atoms with van der Waals surface area (Å²) in [4.78, 5) is 15.0. The monoisotopic (exact) mass is 342 g/mol. The van der Waals surface area contributed by atoms with Crippen LogP contribution in [0.25, 0.3) is 10.9 Å². The van der Waals surface area contributed by atoms with Crippen LogP contribution in [0, 0.1) is 5.92 Å². The van der Waals surface area contributed by atoms with Gasteiger partial charge in [0.05, 0.1) is 16.5 Å². The molecule has 6 nitrogen and oxygen atoms in total. The number of para-hydroxylation sites is 1. The number of rotatable bonds is 5. The fourth-order valence-corrected chi connectivity index (χ4v) is 3.68. The summed E-state index contributed by atoms with van der Waals surface area (Å²) < 4.78 is 26.3. The maximum Gasteiger partial charge on any atom is 0.307 e. The van der Waals surface area contributed by atoms with E-state index in [1.807, 2.05) is 0 Å². The lowest BCUT2D eigenvalue weighted by Crippen LogP contribution is -2.33. The quantitative estimate of drug-likeness (QED) is 0.900. The van der Waals surface area contributed by atoms with Crippen LogP contribution in [0.5, 0.6) is 0 Å². The molecule has 0 saturated carbocycles. The number of pyridine rings is 1. The molecule has 0 aliphatic rings. The van der Waals surface area contributed by atoms with Gasteiger partial charge in [-0.25, -0.2) is 12.7 Å². The van der Waals surface area contributed by atoms with E-state index < -0.39 is 21.9 Å². The number of aromatic nitrogens is 1. The molecule has 0 radical (unpaired) electrons. The summed E-state index contributed by atoms with van der Waals surface area (Å²) in [5, 5.41) is 9.86. The minimum atomic E-state index is -3.86. The van der Waals surface area contributed by atoms with Crippen molar-refractivity contribution in [1.29, 1.82) is 0 Å². The molecule has 1 unspecified atom stereocenters. The van der Waals surface area contributed by atoms with Gasteiger partial charge in [0.1, 0.15) is 4.90 Å². The van der Waals surface area contributed by atoms with E-state index in [4.69, 9.17) is 16.7 Å². The first-order valence-electron chi connectivity index (χ1n) is 6.47. The Bertz CT molecular complexity index is 823. The third-order valence-corrected chi connectivity index (χ3v) is 5.51. The molecule has 118 valence electrons. The van der Waals surface area contributed by atoms with Gasteiger partial charge in [-0.3, -0.25) is 9.78 Å². The average Bonchev–Trinajstić information content (AvgIpc) is 2.46. The Morgan fingerprint density at radius 3 is 2.73 bits per heavy atom. The van der Waals surface area contributed by atoms with E-state index in [2.05, 4.69) is 4.98 Å². The van der Waals surface area contributed by atoms with Crippen LogP contribution in [0.15, 0.2) is 35.4 Å². The smallest absolute Gasteiger partial charge is 0.307 e. The number of fused-ring (bicyclic) bond motifs is 1. The fraction of sp³-hybridized carbons (Fsp3) is 0.286. The van der Waals surface area contributed by atoms with Crippen LogP contribution in [-0.2, 0) is 14.8 Å². The number of aliphatic carboxylic acids is 1. The first kappa shape index (κ1) is 16.7. The molecule has 0 aliphatic heterocycles. The Morgan fingerprint density at radius 1 is 1.41 bits per heavy atom. The van der Waals surface area contributed by atoms with Crippen molar-refractivity contribution >= 4 is 38.5 Å². The summed E-state index contributed by atoms with van der Waals surface area (Å²) >= 11 is 6.06. The van der Waals surface area contributed by atoms with E-state index in [0.717, 1.165) is 4.31 Å². The molecule has 0 bridgehead atoms. The molecule has 0 aliphatic carbocycles. The van der Waals surface area contributed by atoms with Gasteiger partial charge in [0.2, 0.25) is 10.0 Å². The van der Waals surface area contributed by atoms with E-state index in [1.54, 1.807) is 18.2 Å². The van der Waals surface area contributed by atoms with Gasteiger partial charge in [-0.1, -0.05) is 30.7 Å². The van der Waals surface area contributed by atoms with Crippen molar-refractivity contribution in [2.45, 2.75) is 11.8 Å². The van der Waals surface area contributed by atoms with Gasteiger partial charge < -0.3 is 5.11 Å². The number of carboxylic acids is 1. The molecule has 1 aromatic carbocycles. The SMILES string of the molecule is CC(CN(C)S(=O)(=O)c1cccc2c(Cl)ccnc12)C(=O)O. The minimum Gasteiger partial charge on any atom is -0.481 e. The molecular formula is C14H15ClN2O4S. The summed E-state index contributed by atoms with van der Waals surface area (Å²) in [6, 6.07) is 6.28. The van der Waals surface area contributed by atoms with E-state index in [-0.39, 0.29) is 17.0 Å². The first-order valence-corrected chi connectivity index (χ1v) is 8.29. The highest BCUT2D eigenvalue weighted by atomic mass is 35.5. The zero-order chi connectivity index (χ0) is 16.5. The van der Waals surface area contributed by atoms with Gasteiger partial charge in [0.25, 0.3) is 0 Å². The van der Waals surface area contributed by atoms with Crippen LogP contribution in [0.4, 0.5) is 0 Å². The van der Waals surface area contributed by atoms with Gasteiger partial charge in [-0.05, 0) is 12.1 Å². The zero-order valence-corrected chi connectivity index (χ0v) is 13.6. The number of carboxylic acid groups (broad SMARTS) is 1. The Balaban J connectivity index is 2.50. The van der Waals surface area contributed by atoms with Gasteiger partial charge in [-0.15, -0.1) is 0 Å². The van der Waals surface area contributed by atoms with Crippen molar-refractivity contribution in [3.05, 3.63) is 35.5 Å². The molecule has 2 rings (SSSR count). The molecule has 0 amide bonds. The summed E-state index contributed by atoms with van der Waals surface area (Å²) in [6.07, 6.45) is 1.43. The summed E-state index contributed by atoms with van der Waals surface area (Å²) in [5.74, 6) is -1.87. The second-order valence-corrected chi connectivity index (χ2v) is 7.39. The van der Waals surface area contributed by atoms with Gasteiger partial charge in [-0.2, -0.15) is 0 Å². The van der Waals surface area contributed by atoms with Crippen LogP contribution < -0.4 is 0 Å². The Labute approximate surface area is 133 Å². The van der Waals surface area contributed by atoms with Crippen molar-refractivity contribution in [1.82, 2.24) is 9.29 Å². The number of carbonyl (C=O) groups is 1. The number of nitrogens with zero attached hydrogens (tertiary/aromatic N) is 2. The van der Waals surface area contributed by atoms with Crippen LogP contribution in [0.3, 0.4) is 0 Å². The standard InChI is InChI=1S/C14H15ClN2O4S/c1-9(14(18)19)8-17(2)22(20,21)12-5-3-4-10-11(15)6-7-16-13(10)12/h3-7,9H,8H2,1-2H3,(H,18,19). The molecule has 0 spiro atoms. The number of hydrogen-bond donors (Lipinski definition) is 1. The molecule has 1 atom stereocenters. The summed E-state index contributed by atoms with van der Waals surface area (Å²) in [5.41, 5.74) is 0.268. The third-order valence-electron chi connectivity index (χ3n) is 3.32. The third kappa shape index (κ3) is 3.06. The maximum absolute atomic E-state index is 12.7. The molecule has 8 heteroatoms. The number of halogens is 1. The Kier molecular flexibility index (Phi) is 4.69. The van der Waals surface area contributed by atoms with Crippen LogP contribution in [0.1, 0.15) is 6.92 Å². The highest BCUT2D eigenvalue weighted by Crippen LogP contribution is 2.28. The van der Waals surface area contributed by atoms with Crippen molar-refractivity contribution in [2.24, 2.45) is 5.92 Å². The van der Waals surface area contributed by atoms with Crippen LogP contribution >= 0.6 is 11.6 Å². The van der Waals surface area contributed by atoms with Gasteiger partial charge in [0.15, 0.2) is 0 Å². The van der Waals surface area contributed by atoms with E-state index >= 15 is 0 Å². The second kappa shape index (κ2) is 6.20. The predicted molar refractivity (Wildman–Crippen MR) is 83.4 cm³/mol. The van der Waals surface area contributed by atoms with Gasteiger partial charge >= 0.3 is 5.97 Å². The number of sulfonamides is 1. The highest BCUT2D eigenvalue weighted by Gasteiger charge is 2.27. The molecule has 0 saturated heterocycles. The van der Waals surface area contributed by atoms with Crippen molar-refractivity contribution < 1.29 is 18.3 Å². The first-order chi connectivity index (χ1) is 10.2. The van der Waals surface area contributed by atoms with E-state index in [9.17, 15) is 13.2 Å². The highest BCUT2D eigenvalue weighted by molar-refractivity contribution is 7.89. The van der Waals surface area contributed by atoms with Crippen LogP contribution in [-0.4, -0.2) is 42.4 Å². The topological polar surface area (TPSA) is 87.6 Å². The predicted octanol–water partition coefficient (Wildman–Crippen LogP) is 2.23. The largest absolute Gasteiger partial charge is 0.481 e. The van der Waals surface area contributed by atoms with E-state index in [1.165, 1.54) is 26.2 Å². The molecule has 1 heterocycles. The Hall–Kier alpha value is -1.70. The van der Waals surface area contributed by atoms with Gasteiger partial charge in [0, 0.05) is 25.2 Å². The van der Waals surface area contributed by atoms with Crippen molar-refractivity contribution in [2.75, 3.05) is 13.6 Å². The lowest BCUT2D eigenvalue weighted by Gasteiger charge is -2.20. The second-order valence-electron chi connectivity index (χ2n) is 4.97. The zero-order valence-electron chi connectivity index (χ0n) is 12.0. The number of hydrogen-bond acceptors (Lipinski definition) is 4. The molecule has 1 N–H and O–H groups in total. The lowest BCUT2D eigenvalue weighted by molar-refractivity contribution is -0.141. The number of benzene rings is 1. The minimum absolute atomic E-state index is 0.00703. The lowest BCUT2D eigenvalue weighted by atomic mass is 10.2. The fourth-order valence-electron chi connectivity index (χ4n) is 2.05. The molecular weight excluding hydrogens is 328 g/mol.